The highest BCUT2D eigenvalue weighted by Crippen LogP contribution is 2.47. The van der Waals surface area contributed by atoms with Gasteiger partial charge < -0.3 is 10.2 Å². The van der Waals surface area contributed by atoms with E-state index >= 15 is 0 Å². The number of carbonyl (C=O) groups is 2. The van der Waals surface area contributed by atoms with E-state index in [-0.39, 0.29) is 22.7 Å². The predicted molar refractivity (Wildman–Crippen MR) is 83.5 cm³/mol. The van der Waals surface area contributed by atoms with Crippen LogP contribution in [0.3, 0.4) is 0 Å². The molecule has 20 heavy (non-hydrogen) atoms. The summed E-state index contributed by atoms with van der Waals surface area (Å²) in [7, 11) is 0. The molecule has 0 aromatic heterocycles. The number of nitrogens with one attached hydrogen (secondary N) is 1. The van der Waals surface area contributed by atoms with Gasteiger partial charge in [-0.25, -0.2) is 0 Å². The molecule has 2 saturated heterocycles. The van der Waals surface area contributed by atoms with E-state index < -0.39 is 0 Å². The average molecular weight is 355 g/mol. The summed E-state index contributed by atoms with van der Waals surface area (Å²) in [6, 6.07) is 7.09. The molecule has 2 fully saturated rings. The van der Waals surface area contributed by atoms with E-state index in [0.29, 0.717) is 12.2 Å². The largest absolute Gasteiger partial charge is 0.324 e. The first kappa shape index (κ1) is 13.9. The number of halogens is 1. The van der Waals surface area contributed by atoms with Crippen LogP contribution in [-0.4, -0.2) is 33.4 Å². The molecule has 1 N–H and O–H groups in total. The molecule has 1 aromatic rings. The Morgan fingerprint density at radius 2 is 2.15 bits per heavy atom. The third-order valence-corrected chi connectivity index (χ3v) is 5.89. The van der Waals surface area contributed by atoms with Crippen molar-refractivity contribution in [1.29, 1.82) is 0 Å². The van der Waals surface area contributed by atoms with Crippen molar-refractivity contribution in [3.8, 4) is 0 Å². The normalized spacial score (nSPS) is 28.6. The Kier molecular flexibility index (Phi) is 3.54. The van der Waals surface area contributed by atoms with Crippen molar-refractivity contribution in [2.75, 3.05) is 11.1 Å². The van der Waals surface area contributed by atoms with Gasteiger partial charge in [-0.15, -0.1) is 11.8 Å². The number of anilines is 1. The predicted octanol–water partition coefficient (Wildman–Crippen LogP) is 2.84. The summed E-state index contributed by atoms with van der Waals surface area (Å²) in [5.41, 5.74) is 0.753. The Morgan fingerprint density at radius 3 is 2.85 bits per heavy atom. The van der Waals surface area contributed by atoms with Crippen molar-refractivity contribution in [3.63, 3.8) is 0 Å². The first-order chi connectivity index (χ1) is 9.49. The maximum Gasteiger partial charge on any atom is 0.248 e. The van der Waals surface area contributed by atoms with Crippen molar-refractivity contribution < 1.29 is 9.59 Å². The summed E-state index contributed by atoms with van der Waals surface area (Å²) in [6.07, 6.45) is 1.38. The highest BCUT2D eigenvalue weighted by molar-refractivity contribution is 9.10. The number of carbonyl (C=O) groups excluding carboxylic acids is 2. The van der Waals surface area contributed by atoms with Crippen molar-refractivity contribution in [1.82, 2.24) is 4.90 Å². The molecule has 0 saturated carbocycles. The molecule has 0 radical (unpaired) electrons. The molecule has 2 atom stereocenters. The quantitative estimate of drug-likeness (QED) is 0.888. The van der Waals surface area contributed by atoms with E-state index in [1.807, 2.05) is 24.3 Å². The second kappa shape index (κ2) is 5.07. The fraction of sp³-hybridized carbons (Fsp3) is 0.429. The van der Waals surface area contributed by atoms with Crippen LogP contribution in [0.5, 0.6) is 0 Å². The van der Waals surface area contributed by atoms with Crippen LogP contribution in [0.1, 0.15) is 19.8 Å². The zero-order valence-electron chi connectivity index (χ0n) is 11.1. The zero-order chi connectivity index (χ0) is 14.3. The van der Waals surface area contributed by atoms with E-state index in [9.17, 15) is 9.59 Å². The van der Waals surface area contributed by atoms with Crippen LogP contribution in [-0.2, 0) is 9.59 Å². The molecule has 2 aliphatic rings. The van der Waals surface area contributed by atoms with Gasteiger partial charge >= 0.3 is 0 Å². The summed E-state index contributed by atoms with van der Waals surface area (Å²) in [5.74, 6) is 0.664. The lowest BCUT2D eigenvalue weighted by Crippen LogP contribution is -2.48. The summed E-state index contributed by atoms with van der Waals surface area (Å²) in [4.78, 5) is 26.0. The number of benzene rings is 1. The standard InChI is InChI=1S/C14H15BrN2O2S/c1-14-7-6-12(18)17(14)11(8-20-14)13(19)16-10-4-2-9(15)3-5-10/h2-5,11H,6-8H2,1H3,(H,16,19)/t11-,14-/m1/s1. The van der Waals surface area contributed by atoms with Crippen LogP contribution >= 0.6 is 27.7 Å². The van der Waals surface area contributed by atoms with Crippen LogP contribution in [0, 0.1) is 0 Å². The van der Waals surface area contributed by atoms with Gasteiger partial charge in [0.15, 0.2) is 0 Å². The minimum atomic E-state index is -0.358. The number of rotatable bonds is 2. The van der Waals surface area contributed by atoms with Gasteiger partial charge in [0.1, 0.15) is 6.04 Å². The average Bonchev–Trinajstić information content (AvgIpc) is 2.90. The molecule has 2 heterocycles. The fourth-order valence-corrected chi connectivity index (χ4v) is 4.47. The van der Waals surface area contributed by atoms with E-state index in [1.165, 1.54) is 0 Å². The molecule has 2 aliphatic heterocycles. The molecule has 6 heteroatoms. The number of amides is 2. The van der Waals surface area contributed by atoms with Gasteiger partial charge in [0.2, 0.25) is 11.8 Å². The molecule has 0 bridgehead atoms. The lowest BCUT2D eigenvalue weighted by molar-refractivity contribution is -0.135. The molecule has 0 spiro atoms. The Labute approximate surface area is 130 Å². The van der Waals surface area contributed by atoms with Crippen molar-refractivity contribution in [3.05, 3.63) is 28.7 Å². The summed E-state index contributed by atoms with van der Waals surface area (Å²) < 4.78 is 0.967. The van der Waals surface area contributed by atoms with Gasteiger partial charge in [0.25, 0.3) is 0 Å². The Bertz CT molecular complexity index is 563. The van der Waals surface area contributed by atoms with E-state index in [0.717, 1.165) is 16.6 Å². The van der Waals surface area contributed by atoms with E-state index in [1.54, 1.807) is 16.7 Å². The van der Waals surface area contributed by atoms with Gasteiger partial charge in [-0.05, 0) is 37.6 Å². The maximum absolute atomic E-state index is 12.4. The maximum atomic E-state index is 12.4. The zero-order valence-corrected chi connectivity index (χ0v) is 13.5. The molecular formula is C14H15BrN2O2S. The lowest BCUT2D eigenvalue weighted by Gasteiger charge is -2.29. The molecular weight excluding hydrogens is 340 g/mol. The van der Waals surface area contributed by atoms with Crippen molar-refractivity contribution >= 4 is 45.2 Å². The summed E-state index contributed by atoms with van der Waals surface area (Å²) in [6.45, 7) is 2.05. The Morgan fingerprint density at radius 1 is 1.45 bits per heavy atom. The first-order valence-corrected chi connectivity index (χ1v) is 8.30. The SMILES string of the molecule is C[C@@]12CCC(=O)N1[C@@H](C(=O)Nc1ccc(Br)cc1)CS2. The van der Waals surface area contributed by atoms with Crippen molar-refractivity contribution in [2.45, 2.75) is 30.7 Å². The van der Waals surface area contributed by atoms with Gasteiger partial charge in [-0.1, -0.05) is 15.9 Å². The number of thioether (sulfide) groups is 1. The number of nitrogens with zero attached hydrogens (tertiary/aromatic N) is 1. The summed E-state index contributed by atoms with van der Waals surface area (Å²) in [5, 5.41) is 2.89. The topological polar surface area (TPSA) is 49.4 Å². The molecule has 1 aromatic carbocycles. The molecule has 0 aliphatic carbocycles. The van der Waals surface area contributed by atoms with E-state index in [2.05, 4.69) is 28.2 Å². The van der Waals surface area contributed by atoms with Gasteiger partial charge in [0, 0.05) is 22.3 Å². The minimum absolute atomic E-state index is 0.0912. The molecule has 106 valence electrons. The second-order valence-electron chi connectivity index (χ2n) is 5.26. The van der Waals surface area contributed by atoms with Crippen LogP contribution in [0.15, 0.2) is 28.7 Å². The van der Waals surface area contributed by atoms with Gasteiger partial charge in [0.05, 0.1) is 4.87 Å². The Balaban J connectivity index is 1.75. The van der Waals surface area contributed by atoms with Crippen LogP contribution < -0.4 is 5.32 Å². The lowest BCUT2D eigenvalue weighted by atomic mass is 10.2. The second-order valence-corrected chi connectivity index (χ2v) is 7.68. The monoisotopic (exact) mass is 354 g/mol. The van der Waals surface area contributed by atoms with Gasteiger partial charge in [-0.2, -0.15) is 0 Å². The third-order valence-electron chi connectivity index (χ3n) is 3.86. The Hall–Kier alpha value is -1.01. The van der Waals surface area contributed by atoms with Crippen LogP contribution in [0.4, 0.5) is 5.69 Å². The smallest absolute Gasteiger partial charge is 0.248 e. The van der Waals surface area contributed by atoms with Gasteiger partial charge in [-0.3, -0.25) is 9.59 Å². The van der Waals surface area contributed by atoms with Crippen LogP contribution in [0.25, 0.3) is 0 Å². The highest BCUT2D eigenvalue weighted by atomic mass is 79.9. The molecule has 4 nitrogen and oxygen atoms in total. The van der Waals surface area contributed by atoms with Crippen LogP contribution in [0.2, 0.25) is 0 Å². The summed E-state index contributed by atoms with van der Waals surface area (Å²) >= 11 is 5.07. The molecule has 0 unspecified atom stereocenters. The fourth-order valence-electron chi connectivity index (χ4n) is 2.77. The number of hydrogen-bond donors (Lipinski definition) is 1. The third kappa shape index (κ3) is 2.35. The molecule has 3 rings (SSSR count). The van der Waals surface area contributed by atoms with E-state index in [4.69, 9.17) is 0 Å². The number of fused-ring (bicyclic) bond motifs is 1. The van der Waals surface area contributed by atoms with Crippen molar-refractivity contribution in [2.24, 2.45) is 0 Å². The number of hydrogen-bond acceptors (Lipinski definition) is 3. The molecule has 2 amide bonds. The first-order valence-electron chi connectivity index (χ1n) is 6.52. The highest BCUT2D eigenvalue weighted by Gasteiger charge is 2.52. The minimum Gasteiger partial charge on any atom is -0.324 e.